The van der Waals surface area contributed by atoms with Gasteiger partial charge in [-0.2, -0.15) is 13.2 Å². The first kappa shape index (κ1) is 18.4. The third kappa shape index (κ3) is 4.75. The molecular formula is C16H21BrF3NO2. The molecule has 1 fully saturated rings. The molecule has 3 nitrogen and oxygen atoms in total. The Labute approximate surface area is 142 Å². The molecule has 1 heterocycles. The van der Waals surface area contributed by atoms with Gasteiger partial charge in [-0.15, -0.1) is 0 Å². The molecule has 2 aliphatic rings. The topological polar surface area (TPSA) is 29.5 Å². The first-order valence-electron chi connectivity index (χ1n) is 7.57. The van der Waals surface area contributed by atoms with Gasteiger partial charge in [-0.1, -0.05) is 33.7 Å². The second-order valence-electron chi connectivity index (χ2n) is 6.94. The maximum atomic E-state index is 12.8. The van der Waals surface area contributed by atoms with E-state index in [1.165, 1.54) is 0 Å². The molecule has 0 N–H and O–H groups in total. The quantitative estimate of drug-likeness (QED) is 0.595. The zero-order chi connectivity index (χ0) is 17.4. The average molecular weight is 396 g/mol. The highest BCUT2D eigenvalue weighted by Crippen LogP contribution is 2.40. The van der Waals surface area contributed by atoms with E-state index in [0.29, 0.717) is 13.1 Å². The highest BCUT2D eigenvalue weighted by molar-refractivity contribution is 9.09. The molecule has 0 radical (unpaired) electrons. The first-order chi connectivity index (χ1) is 10.5. The lowest BCUT2D eigenvalue weighted by Gasteiger charge is -2.27. The Balaban J connectivity index is 2.03. The summed E-state index contributed by atoms with van der Waals surface area (Å²) in [6.07, 6.45) is -1.28. The van der Waals surface area contributed by atoms with Crippen LogP contribution < -0.4 is 0 Å². The Morgan fingerprint density at radius 2 is 1.96 bits per heavy atom. The van der Waals surface area contributed by atoms with E-state index < -0.39 is 17.4 Å². The number of ether oxygens (including phenoxy) is 1. The van der Waals surface area contributed by atoms with E-state index in [9.17, 15) is 18.0 Å². The van der Waals surface area contributed by atoms with Gasteiger partial charge in [0, 0.05) is 29.4 Å². The molecule has 2 atom stereocenters. The van der Waals surface area contributed by atoms with E-state index >= 15 is 0 Å². The van der Waals surface area contributed by atoms with Crippen molar-refractivity contribution in [1.82, 2.24) is 4.90 Å². The number of nitrogens with zero attached hydrogens (tertiary/aromatic N) is 1. The summed E-state index contributed by atoms with van der Waals surface area (Å²) in [7, 11) is 0. The fourth-order valence-electron chi connectivity index (χ4n) is 2.81. The van der Waals surface area contributed by atoms with Gasteiger partial charge in [0.05, 0.1) is 0 Å². The minimum atomic E-state index is -4.29. The van der Waals surface area contributed by atoms with E-state index in [-0.39, 0.29) is 23.3 Å². The van der Waals surface area contributed by atoms with Crippen LogP contribution in [0.3, 0.4) is 0 Å². The summed E-state index contributed by atoms with van der Waals surface area (Å²) in [6.45, 7) is 6.46. The molecule has 1 aliphatic heterocycles. The van der Waals surface area contributed by atoms with Gasteiger partial charge in [0.2, 0.25) is 0 Å². The Morgan fingerprint density at radius 1 is 1.30 bits per heavy atom. The lowest BCUT2D eigenvalue weighted by Crippen LogP contribution is -2.35. The number of likely N-dealkylation sites (tertiary alicyclic amines) is 1. The summed E-state index contributed by atoms with van der Waals surface area (Å²) in [4.78, 5) is 13.4. The summed E-state index contributed by atoms with van der Waals surface area (Å²) in [5.74, 6) is 0.0675. The van der Waals surface area contributed by atoms with Crippen LogP contribution >= 0.6 is 15.9 Å². The van der Waals surface area contributed by atoms with Gasteiger partial charge >= 0.3 is 12.3 Å². The second-order valence-corrected chi connectivity index (χ2v) is 8.05. The summed E-state index contributed by atoms with van der Waals surface area (Å²) >= 11 is 3.36. The van der Waals surface area contributed by atoms with Crippen LogP contribution in [0.25, 0.3) is 0 Å². The number of carbonyl (C=O) groups excluding carboxylic acids is 1. The number of alkyl halides is 4. The normalized spacial score (nSPS) is 26.0. The first-order valence-corrected chi connectivity index (χ1v) is 8.49. The fraction of sp³-hybridized carbons (Fsp3) is 0.688. The highest BCUT2D eigenvalue weighted by atomic mass is 79.9. The van der Waals surface area contributed by atoms with E-state index in [0.717, 1.165) is 18.1 Å². The summed E-state index contributed by atoms with van der Waals surface area (Å²) < 4.78 is 43.6. The van der Waals surface area contributed by atoms with Gasteiger partial charge in [0.1, 0.15) is 5.60 Å². The summed E-state index contributed by atoms with van der Waals surface area (Å²) in [5.41, 5.74) is -0.157. The van der Waals surface area contributed by atoms with Crippen molar-refractivity contribution in [2.45, 2.75) is 50.2 Å². The molecule has 23 heavy (non-hydrogen) atoms. The van der Waals surface area contributed by atoms with Crippen molar-refractivity contribution in [3.05, 3.63) is 23.3 Å². The molecule has 1 amide bonds. The molecule has 1 unspecified atom stereocenters. The number of amides is 1. The van der Waals surface area contributed by atoms with Crippen LogP contribution in [0.15, 0.2) is 23.3 Å². The van der Waals surface area contributed by atoms with E-state index in [4.69, 9.17) is 4.74 Å². The molecular weight excluding hydrogens is 375 g/mol. The number of hydrogen-bond donors (Lipinski definition) is 0. The highest BCUT2D eigenvalue weighted by Gasteiger charge is 2.39. The smallest absolute Gasteiger partial charge is 0.412 e. The molecule has 0 bridgehead atoms. The van der Waals surface area contributed by atoms with Crippen LogP contribution in [-0.4, -0.2) is 40.7 Å². The van der Waals surface area contributed by atoms with Crippen molar-refractivity contribution in [3.8, 4) is 0 Å². The molecule has 1 saturated heterocycles. The van der Waals surface area contributed by atoms with Crippen LogP contribution in [-0.2, 0) is 4.74 Å². The molecule has 0 saturated carbocycles. The summed E-state index contributed by atoms with van der Waals surface area (Å²) in [6, 6.07) is 0. The molecule has 0 aromatic carbocycles. The SMILES string of the molecule is CC(C)(C)OC(=O)N1CC[C@@H](C2=CC=C(C(F)(F)F)CC2Br)C1. The number of halogens is 4. The van der Waals surface area contributed by atoms with Crippen LogP contribution in [0.1, 0.15) is 33.6 Å². The molecule has 0 aromatic heterocycles. The molecule has 130 valence electrons. The van der Waals surface area contributed by atoms with Crippen molar-refractivity contribution in [2.24, 2.45) is 5.92 Å². The molecule has 7 heteroatoms. The zero-order valence-electron chi connectivity index (χ0n) is 13.4. The van der Waals surface area contributed by atoms with Gasteiger partial charge in [0.25, 0.3) is 0 Å². The van der Waals surface area contributed by atoms with Gasteiger partial charge in [-0.3, -0.25) is 0 Å². The van der Waals surface area contributed by atoms with Crippen molar-refractivity contribution < 1.29 is 22.7 Å². The average Bonchev–Trinajstić information content (AvgIpc) is 2.85. The lowest BCUT2D eigenvalue weighted by molar-refractivity contribution is -0.0940. The van der Waals surface area contributed by atoms with Crippen LogP contribution in [0.4, 0.5) is 18.0 Å². The van der Waals surface area contributed by atoms with Crippen LogP contribution in [0.5, 0.6) is 0 Å². The minimum Gasteiger partial charge on any atom is -0.444 e. The number of allylic oxidation sites excluding steroid dienone is 3. The predicted molar refractivity (Wildman–Crippen MR) is 85.5 cm³/mol. The monoisotopic (exact) mass is 395 g/mol. The largest absolute Gasteiger partial charge is 0.444 e. The summed E-state index contributed by atoms with van der Waals surface area (Å²) in [5, 5.41) is 0. The number of carbonyl (C=O) groups is 1. The molecule has 2 rings (SSSR count). The van der Waals surface area contributed by atoms with E-state index in [1.807, 2.05) is 0 Å². The Kier molecular flexibility index (Phi) is 5.18. The lowest BCUT2D eigenvalue weighted by atomic mass is 9.88. The van der Waals surface area contributed by atoms with Crippen molar-refractivity contribution in [2.75, 3.05) is 13.1 Å². The van der Waals surface area contributed by atoms with Gasteiger partial charge < -0.3 is 9.64 Å². The van der Waals surface area contributed by atoms with Crippen molar-refractivity contribution >= 4 is 22.0 Å². The van der Waals surface area contributed by atoms with Crippen molar-refractivity contribution in [1.29, 1.82) is 0 Å². The van der Waals surface area contributed by atoms with E-state index in [2.05, 4.69) is 15.9 Å². The number of hydrogen-bond acceptors (Lipinski definition) is 2. The van der Waals surface area contributed by atoms with Crippen LogP contribution in [0, 0.1) is 5.92 Å². The fourth-order valence-corrected chi connectivity index (χ4v) is 3.68. The Bertz CT molecular complexity index is 534. The van der Waals surface area contributed by atoms with Gasteiger partial charge in [-0.05, 0) is 33.6 Å². The third-order valence-corrected chi connectivity index (χ3v) is 4.77. The molecule has 0 spiro atoms. The minimum absolute atomic E-state index is 0.0675. The maximum absolute atomic E-state index is 12.8. The maximum Gasteiger partial charge on any atom is 0.412 e. The third-order valence-electron chi connectivity index (χ3n) is 3.91. The second kappa shape index (κ2) is 6.49. The van der Waals surface area contributed by atoms with Crippen LogP contribution in [0.2, 0.25) is 0 Å². The standard InChI is InChI=1S/C16H21BrF3NO2/c1-15(2,3)23-14(22)21-7-6-10(9-21)12-5-4-11(8-13(12)17)16(18,19)20/h4-5,10,13H,6-9H2,1-3H3/t10-,13?/m1/s1. The van der Waals surface area contributed by atoms with Crippen molar-refractivity contribution in [3.63, 3.8) is 0 Å². The molecule has 1 aliphatic carbocycles. The number of rotatable bonds is 1. The zero-order valence-corrected chi connectivity index (χ0v) is 15.0. The predicted octanol–water partition coefficient (Wildman–Crippen LogP) is 4.83. The van der Waals surface area contributed by atoms with E-state index in [1.54, 1.807) is 31.7 Å². The Morgan fingerprint density at radius 3 is 2.48 bits per heavy atom. The van der Waals surface area contributed by atoms with Gasteiger partial charge in [0.15, 0.2) is 0 Å². The van der Waals surface area contributed by atoms with Gasteiger partial charge in [-0.25, -0.2) is 4.79 Å². The Hall–Kier alpha value is -0.980. The molecule has 0 aromatic rings.